The molecule has 2 N–H and O–H groups in total. The highest BCUT2D eigenvalue weighted by molar-refractivity contribution is 7.88. The van der Waals surface area contributed by atoms with Crippen LogP contribution in [0.1, 0.15) is 30.7 Å². The number of sulfonamides is 1. The number of hydrogen-bond donors (Lipinski definition) is 2. The molecule has 0 saturated heterocycles. The Kier molecular flexibility index (Phi) is 4.73. The molecule has 0 amide bonds. The SMILES string of the molecule is Cc1cc(C)c(C#N)c(NCC(C)(C)NS(C)(=O)=O)n1. The van der Waals surface area contributed by atoms with Crippen molar-refractivity contribution in [1.29, 1.82) is 5.26 Å². The summed E-state index contributed by atoms with van der Waals surface area (Å²) < 4.78 is 25.1. The second-order valence-electron chi connectivity index (χ2n) is 5.53. The van der Waals surface area contributed by atoms with Crippen LogP contribution in [-0.4, -0.2) is 31.7 Å². The molecular weight excluding hydrogens is 276 g/mol. The number of aromatic nitrogens is 1. The molecule has 0 atom stereocenters. The van der Waals surface area contributed by atoms with Gasteiger partial charge in [-0.2, -0.15) is 5.26 Å². The first-order valence-electron chi connectivity index (χ1n) is 6.15. The van der Waals surface area contributed by atoms with Crippen LogP contribution in [0.15, 0.2) is 6.07 Å². The molecule has 0 aliphatic heterocycles. The fourth-order valence-electron chi connectivity index (χ4n) is 1.95. The summed E-state index contributed by atoms with van der Waals surface area (Å²) in [5.74, 6) is 0.480. The molecule has 0 radical (unpaired) electrons. The van der Waals surface area contributed by atoms with Crippen molar-refractivity contribution in [1.82, 2.24) is 9.71 Å². The van der Waals surface area contributed by atoms with Crippen molar-refractivity contribution in [2.75, 3.05) is 18.1 Å². The maximum Gasteiger partial charge on any atom is 0.209 e. The monoisotopic (exact) mass is 296 g/mol. The van der Waals surface area contributed by atoms with Gasteiger partial charge < -0.3 is 5.32 Å². The molecule has 0 aliphatic carbocycles. The van der Waals surface area contributed by atoms with Crippen LogP contribution in [0.5, 0.6) is 0 Å². The van der Waals surface area contributed by atoms with E-state index in [9.17, 15) is 8.42 Å². The van der Waals surface area contributed by atoms with Crippen molar-refractivity contribution in [3.05, 3.63) is 22.9 Å². The first-order chi connectivity index (χ1) is 9.04. The van der Waals surface area contributed by atoms with Gasteiger partial charge in [0.2, 0.25) is 10.0 Å². The fraction of sp³-hybridized carbons (Fsp3) is 0.538. The molecule has 110 valence electrons. The minimum Gasteiger partial charge on any atom is -0.367 e. The van der Waals surface area contributed by atoms with Gasteiger partial charge >= 0.3 is 0 Å². The zero-order valence-corrected chi connectivity index (χ0v) is 13.2. The van der Waals surface area contributed by atoms with E-state index in [0.29, 0.717) is 17.9 Å². The van der Waals surface area contributed by atoms with Crippen LogP contribution in [-0.2, 0) is 10.0 Å². The topological polar surface area (TPSA) is 94.9 Å². The fourth-order valence-corrected chi connectivity index (χ4v) is 3.02. The maximum atomic E-state index is 11.3. The van der Waals surface area contributed by atoms with Crippen molar-refractivity contribution in [3.63, 3.8) is 0 Å². The molecule has 20 heavy (non-hydrogen) atoms. The second kappa shape index (κ2) is 5.77. The first-order valence-corrected chi connectivity index (χ1v) is 8.04. The Labute approximate surface area is 120 Å². The number of anilines is 1. The summed E-state index contributed by atoms with van der Waals surface area (Å²) in [6.07, 6.45) is 1.12. The Morgan fingerprint density at radius 1 is 1.40 bits per heavy atom. The average Bonchev–Trinajstić information content (AvgIpc) is 2.22. The predicted molar refractivity (Wildman–Crippen MR) is 79.0 cm³/mol. The summed E-state index contributed by atoms with van der Waals surface area (Å²) in [7, 11) is -3.29. The maximum absolute atomic E-state index is 11.3. The van der Waals surface area contributed by atoms with Gasteiger partial charge in [-0.25, -0.2) is 18.1 Å². The molecule has 0 aliphatic rings. The third kappa shape index (κ3) is 4.79. The van der Waals surface area contributed by atoms with E-state index in [1.807, 2.05) is 19.9 Å². The number of hydrogen-bond acceptors (Lipinski definition) is 5. The van der Waals surface area contributed by atoms with E-state index < -0.39 is 15.6 Å². The Balaban J connectivity index is 2.93. The number of nitrogens with zero attached hydrogens (tertiary/aromatic N) is 2. The Morgan fingerprint density at radius 2 is 2.00 bits per heavy atom. The molecule has 6 nitrogen and oxygen atoms in total. The summed E-state index contributed by atoms with van der Waals surface area (Å²) in [6, 6.07) is 3.95. The van der Waals surface area contributed by atoms with Gasteiger partial charge in [0.1, 0.15) is 11.9 Å². The molecule has 0 bridgehead atoms. The molecule has 1 rings (SSSR count). The summed E-state index contributed by atoms with van der Waals surface area (Å²) in [5.41, 5.74) is 1.44. The van der Waals surface area contributed by atoms with E-state index in [0.717, 1.165) is 17.5 Å². The van der Waals surface area contributed by atoms with Crippen molar-refractivity contribution in [3.8, 4) is 6.07 Å². The highest BCUT2D eigenvalue weighted by Crippen LogP contribution is 2.18. The molecule has 0 spiro atoms. The van der Waals surface area contributed by atoms with E-state index >= 15 is 0 Å². The highest BCUT2D eigenvalue weighted by Gasteiger charge is 2.22. The van der Waals surface area contributed by atoms with Crippen molar-refractivity contribution in [2.24, 2.45) is 0 Å². The molecule has 1 heterocycles. The summed E-state index contributed by atoms with van der Waals surface area (Å²) in [4.78, 5) is 4.29. The van der Waals surface area contributed by atoms with Gasteiger partial charge in [-0.15, -0.1) is 0 Å². The normalized spacial score (nSPS) is 12.0. The van der Waals surface area contributed by atoms with E-state index in [4.69, 9.17) is 5.26 Å². The van der Waals surface area contributed by atoms with Gasteiger partial charge in [0.05, 0.1) is 11.8 Å². The molecule has 1 aromatic heterocycles. The van der Waals surface area contributed by atoms with E-state index in [1.165, 1.54) is 0 Å². The van der Waals surface area contributed by atoms with Crippen LogP contribution in [0.25, 0.3) is 0 Å². The minimum absolute atomic E-state index is 0.324. The summed E-state index contributed by atoms with van der Waals surface area (Å²) >= 11 is 0. The standard InChI is InChI=1S/C13H20N4O2S/c1-9-6-10(2)16-12(11(9)7-14)15-8-13(3,4)17-20(5,18)19/h6,17H,8H2,1-5H3,(H,15,16). The lowest BCUT2D eigenvalue weighted by Gasteiger charge is -2.26. The molecule has 0 saturated carbocycles. The van der Waals surface area contributed by atoms with Crippen molar-refractivity contribution < 1.29 is 8.42 Å². The van der Waals surface area contributed by atoms with Crippen LogP contribution in [0, 0.1) is 25.2 Å². The largest absolute Gasteiger partial charge is 0.367 e. The van der Waals surface area contributed by atoms with Crippen molar-refractivity contribution >= 4 is 15.8 Å². The van der Waals surface area contributed by atoms with Crippen LogP contribution in [0.3, 0.4) is 0 Å². The second-order valence-corrected chi connectivity index (χ2v) is 7.28. The number of nitrogens with one attached hydrogen (secondary N) is 2. The van der Waals surface area contributed by atoms with Crippen molar-refractivity contribution in [2.45, 2.75) is 33.2 Å². The summed E-state index contributed by atoms with van der Waals surface area (Å²) in [5, 5.41) is 12.2. The number of aryl methyl sites for hydroxylation is 2. The van der Waals surface area contributed by atoms with Crippen LogP contribution in [0.2, 0.25) is 0 Å². The summed E-state index contributed by atoms with van der Waals surface area (Å²) in [6.45, 7) is 7.54. The Hall–Kier alpha value is -1.65. The van der Waals surface area contributed by atoms with E-state index in [2.05, 4.69) is 21.1 Å². The molecule has 0 fully saturated rings. The Bertz CT molecular complexity index is 645. The lowest BCUT2D eigenvalue weighted by Crippen LogP contribution is -2.47. The quantitative estimate of drug-likeness (QED) is 0.854. The van der Waals surface area contributed by atoms with E-state index in [1.54, 1.807) is 13.8 Å². The lowest BCUT2D eigenvalue weighted by atomic mass is 10.1. The van der Waals surface area contributed by atoms with Crippen LogP contribution in [0.4, 0.5) is 5.82 Å². The third-order valence-electron chi connectivity index (χ3n) is 2.62. The number of pyridine rings is 1. The average molecular weight is 296 g/mol. The predicted octanol–water partition coefficient (Wildman–Crippen LogP) is 1.31. The number of rotatable bonds is 5. The lowest BCUT2D eigenvalue weighted by molar-refractivity contribution is 0.476. The van der Waals surface area contributed by atoms with Crippen LogP contribution < -0.4 is 10.0 Å². The molecule has 7 heteroatoms. The van der Waals surface area contributed by atoms with Gasteiger partial charge in [0.25, 0.3) is 0 Å². The van der Waals surface area contributed by atoms with Gasteiger partial charge in [0, 0.05) is 17.8 Å². The molecule has 0 aromatic carbocycles. The first kappa shape index (κ1) is 16.4. The van der Waals surface area contributed by atoms with Gasteiger partial charge in [-0.1, -0.05) is 0 Å². The molecule has 0 unspecified atom stereocenters. The minimum atomic E-state index is -3.29. The van der Waals surface area contributed by atoms with Gasteiger partial charge in [-0.3, -0.25) is 0 Å². The van der Waals surface area contributed by atoms with Gasteiger partial charge in [0.15, 0.2) is 0 Å². The number of nitriles is 1. The Morgan fingerprint density at radius 3 is 2.50 bits per heavy atom. The third-order valence-corrected chi connectivity index (χ3v) is 3.54. The highest BCUT2D eigenvalue weighted by atomic mass is 32.2. The zero-order valence-electron chi connectivity index (χ0n) is 12.4. The van der Waals surface area contributed by atoms with Crippen LogP contribution >= 0.6 is 0 Å². The molecule has 1 aromatic rings. The van der Waals surface area contributed by atoms with E-state index in [-0.39, 0.29) is 0 Å². The zero-order chi connectivity index (χ0) is 15.6. The molecular formula is C13H20N4O2S. The smallest absolute Gasteiger partial charge is 0.209 e. The van der Waals surface area contributed by atoms with Gasteiger partial charge in [-0.05, 0) is 39.3 Å².